The van der Waals surface area contributed by atoms with Crippen LogP contribution in [-0.2, 0) is 16.8 Å². The summed E-state index contributed by atoms with van der Waals surface area (Å²) >= 11 is 1.63. The summed E-state index contributed by atoms with van der Waals surface area (Å²) in [4.78, 5) is 18.0. The molecule has 1 aliphatic heterocycles. The first kappa shape index (κ1) is 13.8. The van der Waals surface area contributed by atoms with Gasteiger partial charge in [0.05, 0.1) is 13.2 Å². The van der Waals surface area contributed by atoms with Gasteiger partial charge in [-0.3, -0.25) is 4.79 Å². The quantitative estimate of drug-likeness (QED) is 0.948. The summed E-state index contributed by atoms with van der Waals surface area (Å²) in [5.74, 6) is 1.16. The third-order valence-electron chi connectivity index (χ3n) is 4.70. The van der Waals surface area contributed by atoms with Crippen LogP contribution in [0.5, 0.6) is 5.75 Å². The molecule has 114 valence electrons. The Morgan fingerprint density at radius 3 is 3.18 bits per heavy atom. The fraction of sp³-hybridized carbons (Fsp3) is 0.412. The number of hydrogen-bond donors (Lipinski definition) is 1. The number of rotatable bonds is 3. The van der Waals surface area contributed by atoms with Crippen molar-refractivity contribution in [1.82, 2.24) is 10.3 Å². The summed E-state index contributed by atoms with van der Waals surface area (Å²) < 4.78 is 5.72. The summed E-state index contributed by atoms with van der Waals surface area (Å²) in [6.45, 7) is 3.26. The molecule has 0 saturated heterocycles. The van der Waals surface area contributed by atoms with E-state index in [-0.39, 0.29) is 17.2 Å². The molecule has 1 amide bonds. The smallest absolute Gasteiger partial charge is 0.224 e. The van der Waals surface area contributed by atoms with Crippen molar-refractivity contribution < 1.29 is 9.53 Å². The van der Waals surface area contributed by atoms with Crippen LogP contribution < -0.4 is 10.1 Å². The molecular weight excluding hydrogens is 296 g/mol. The molecule has 1 saturated carbocycles. The molecule has 1 N–H and O–H groups in total. The number of hydrogen-bond acceptors (Lipinski definition) is 4. The van der Waals surface area contributed by atoms with Crippen molar-refractivity contribution in [3.63, 3.8) is 0 Å². The van der Waals surface area contributed by atoms with E-state index in [9.17, 15) is 4.79 Å². The van der Waals surface area contributed by atoms with Gasteiger partial charge in [0.25, 0.3) is 0 Å². The Kier molecular flexibility index (Phi) is 3.18. The Balaban J connectivity index is 1.46. The highest BCUT2D eigenvalue weighted by atomic mass is 32.1. The van der Waals surface area contributed by atoms with Crippen LogP contribution in [0.4, 0.5) is 0 Å². The first-order chi connectivity index (χ1) is 10.7. The van der Waals surface area contributed by atoms with Crippen molar-refractivity contribution in [2.75, 3.05) is 6.61 Å². The predicted molar refractivity (Wildman–Crippen MR) is 85.0 cm³/mol. The fourth-order valence-electron chi connectivity index (χ4n) is 3.47. The van der Waals surface area contributed by atoms with Crippen LogP contribution in [0.25, 0.3) is 0 Å². The largest absolute Gasteiger partial charge is 0.493 e. The van der Waals surface area contributed by atoms with Crippen LogP contribution in [0.1, 0.15) is 28.3 Å². The van der Waals surface area contributed by atoms with Gasteiger partial charge in [0.2, 0.25) is 5.91 Å². The van der Waals surface area contributed by atoms with Crippen molar-refractivity contribution in [3.05, 3.63) is 45.9 Å². The van der Waals surface area contributed by atoms with Crippen LogP contribution in [0, 0.1) is 12.8 Å². The zero-order valence-electron chi connectivity index (χ0n) is 12.5. The van der Waals surface area contributed by atoms with E-state index in [1.807, 2.05) is 31.3 Å². The van der Waals surface area contributed by atoms with E-state index in [0.29, 0.717) is 13.2 Å². The van der Waals surface area contributed by atoms with Gasteiger partial charge in [0.15, 0.2) is 0 Å². The van der Waals surface area contributed by atoms with Gasteiger partial charge in [-0.2, -0.15) is 0 Å². The second-order valence-electron chi connectivity index (χ2n) is 6.09. The van der Waals surface area contributed by atoms with E-state index in [4.69, 9.17) is 4.74 Å². The Morgan fingerprint density at radius 1 is 1.50 bits per heavy atom. The number of fused-ring (bicyclic) bond motifs is 2. The van der Waals surface area contributed by atoms with Crippen LogP contribution in [0.15, 0.2) is 30.5 Å². The minimum Gasteiger partial charge on any atom is -0.493 e. The standard InChI is InChI=1S/C17H18N2O2S/c1-11-9-18-15(22-11)10-19-16(20)13-8-17(13)6-7-21-14-5-3-2-4-12(14)17/h2-5,9,13H,6-8,10H2,1H3,(H,19,20)/t13-,17+/m0/s1. The van der Waals surface area contributed by atoms with Crippen molar-refractivity contribution in [2.45, 2.75) is 31.7 Å². The van der Waals surface area contributed by atoms with Crippen molar-refractivity contribution in [1.29, 1.82) is 0 Å². The molecule has 2 aromatic rings. The van der Waals surface area contributed by atoms with Gasteiger partial charge in [-0.15, -0.1) is 11.3 Å². The molecule has 0 unspecified atom stereocenters. The first-order valence-corrected chi connectivity index (χ1v) is 8.42. The molecule has 0 radical (unpaired) electrons. The maximum absolute atomic E-state index is 12.5. The van der Waals surface area contributed by atoms with Gasteiger partial charge < -0.3 is 10.1 Å². The maximum Gasteiger partial charge on any atom is 0.224 e. The number of amides is 1. The fourth-order valence-corrected chi connectivity index (χ4v) is 4.20. The number of carbonyl (C=O) groups excluding carboxylic acids is 1. The number of carbonyl (C=O) groups is 1. The molecule has 2 atom stereocenters. The third kappa shape index (κ3) is 2.20. The molecule has 2 aliphatic rings. The van der Waals surface area contributed by atoms with E-state index >= 15 is 0 Å². The molecule has 1 fully saturated rings. The highest BCUT2D eigenvalue weighted by Gasteiger charge is 2.60. The summed E-state index contributed by atoms with van der Waals surface area (Å²) in [5, 5.41) is 4.01. The van der Waals surface area contributed by atoms with Gasteiger partial charge in [-0.05, 0) is 25.8 Å². The minimum absolute atomic E-state index is 0.00226. The van der Waals surface area contributed by atoms with Crippen molar-refractivity contribution >= 4 is 17.2 Å². The maximum atomic E-state index is 12.5. The Labute approximate surface area is 133 Å². The first-order valence-electron chi connectivity index (χ1n) is 7.60. The van der Waals surface area contributed by atoms with Gasteiger partial charge in [0.1, 0.15) is 10.8 Å². The molecule has 22 heavy (non-hydrogen) atoms. The molecular formula is C17H18N2O2S. The molecule has 1 spiro atoms. The molecule has 1 aliphatic carbocycles. The lowest BCUT2D eigenvalue weighted by Gasteiger charge is -2.26. The topological polar surface area (TPSA) is 51.2 Å². The van der Waals surface area contributed by atoms with Gasteiger partial charge in [0, 0.05) is 28.0 Å². The molecule has 0 bridgehead atoms. The number of para-hydroxylation sites is 1. The number of benzene rings is 1. The van der Waals surface area contributed by atoms with E-state index < -0.39 is 0 Å². The average Bonchev–Trinajstić information content (AvgIpc) is 3.09. The highest BCUT2D eigenvalue weighted by Crippen LogP contribution is 2.60. The number of aryl methyl sites for hydroxylation is 1. The summed E-state index contributed by atoms with van der Waals surface area (Å²) in [6.07, 6.45) is 3.70. The average molecular weight is 314 g/mol. The molecule has 4 nitrogen and oxygen atoms in total. The molecule has 1 aromatic carbocycles. The molecule has 2 heterocycles. The summed E-state index contributed by atoms with van der Waals surface area (Å²) in [7, 11) is 0. The number of thiazole rings is 1. The zero-order valence-corrected chi connectivity index (χ0v) is 13.3. The normalized spacial score (nSPS) is 25.4. The lowest BCUT2D eigenvalue weighted by molar-refractivity contribution is -0.123. The van der Waals surface area contributed by atoms with E-state index in [2.05, 4.69) is 16.4 Å². The Morgan fingerprint density at radius 2 is 2.36 bits per heavy atom. The summed E-state index contributed by atoms with van der Waals surface area (Å²) in [5.41, 5.74) is 1.20. The lowest BCUT2D eigenvalue weighted by atomic mass is 9.87. The van der Waals surface area contributed by atoms with Crippen LogP contribution in [-0.4, -0.2) is 17.5 Å². The Hall–Kier alpha value is -1.88. The second kappa shape index (κ2) is 5.09. The van der Waals surface area contributed by atoms with Crippen LogP contribution in [0.3, 0.4) is 0 Å². The lowest BCUT2D eigenvalue weighted by Crippen LogP contribution is -2.30. The van der Waals surface area contributed by atoms with Crippen molar-refractivity contribution in [3.8, 4) is 5.75 Å². The molecule has 4 rings (SSSR count). The molecule has 1 aromatic heterocycles. The van der Waals surface area contributed by atoms with E-state index in [0.717, 1.165) is 23.6 Å². The SMILES string of the molecule is Cc1cnc(CNC(=O)[C@@H]2C[C@@]23CCOc2ccccc23)s1. The van der Waals surface area contributed by atoms with Crippen LogP contribution >= 0.6 is 11.3 Å². The molecule has 5 heteroatoms. The van der Waals surface area contributed by atoms with E-state index in [1.165, 1.54) is 10.4 Å². The third-order valence-corrected chi connectivity index (χ3v) is 5.62. The zero-order chi connectivity index (χ0) is 15.2. The van der Waals surface area contributed by atoms with Crippen molar-refractivity contribution in [2.24, 2.45) is 5.92 Å². The Bertz CT molecular complexity index is 727. The monoisotopic (exact) mass is 314 g/mol. The van der Waals surface area contributed by atoms with Gasteiger partial charge in [-0.1, -0.05) is 18.2 Å². The second-order valence-corrected chi connectivity index (χ2v) is 7.41. The number of nitrogens with one attached hydrogen (secondary N) is 1. The van der Waals surface area contributed by atoms with Crippen LogP contribution in [0.2, 0.25) is 0 Å². The number of aromatic nitrogens is 1. The predicted octanol–water partition coefficient (Wildman–Crippen LogP) is 2.81. The number of ether oxygens (including phenoxy) is 1. The minimum atomic E-state index is -0.00226. The number of nitrogens with zero attached hydrogens (tertiary/aromatic N) is 1. The van der Waals surface area contributed by atoms with E-state index in [1.54, 1.807) is 11.3 Å². The highest BCUT2D eigenvalue weighted by molar-refractivity contribution is 7.11. The van der Waals surface area contributed by atoms with Gasteiger partial charge >= 0.3 is 0 Å². The summed E-state index contributed by atoms with van der Waals surface area (Å²) in [6, 6.07) is 8.12. The van der Waals surface area contributed by atoms with Gasteiger partial charge in [-0.25, -0.2) is 4.98 Å².